The molecule has 0 aliphatic carbocycles. The Morgan fingerprint density at radius 3 is 2.71 bits per heavy atom. The molecule has 1 heterocycles. The largest absolute Gasteiger partial charge is 0.462 e. The van der Waals surface area contributed by atoms with Crippen LogP contribution in [0.15, 0.2) is 54.4 Å². The number of anilines is 2. The van der Waals surface area contributed by atoms with Crippen molar-refractivity contribution in [3.05, 3.63) is 65.1 Å². The number of nitriles is 1. The lowest BCUT2D eigenvalue weighted by Crippen LogP contribution is -2.18. The van der Waals surface area contributed by atoms with E-state index in [1.165, 1.54) is 12.4 Å². The van der Waals surface area contributed by atoms with Gasteiger partial charge in [-0.05, 0) is 30.7 Å². The Labute approximate surface area is 168 Å². The molecule has 2 rings (SSSR count). The third kappa shape index (κ3) is 5.83. The number of hydrogen-bond acceptors (Lipinski definition) is 6. The van der Waals surface area contributed by atoms with E-state index in [0.29, 0.717) is 12.3 Å². The topological polar surface area (TPSA) is 104 Å². The van der Waals surface area contributed by atoms with Crippen LogP contribution in [0.1, 0.15) is 30.1 Å². The Bertz CT molecular complexity index is 922. The molecule has 0 radical (unpaired) electrons. The van der Waals surface area contributed by atoms with E-state index in [-0.39, 0.29) is 22.0 Å². The van der Waals surface area contributed by atoms with E-state index in [4.69, 9.17) is 16.3 Å². The zero-order valence-corrected chi connectivity index (χ0v) is 16.0. The van der Waals surface area contributed by atoms with Crippen LogP contribution in [0, 0.1) is 11.3 Å². The highest BCUT2D eigenvalue weighted by Gasteiger charge is 2.16. The van der Waals surface area contributed by atoms with Gasteiger partial charge in [0.25, 0.3) is 5.91 Å². The van der Waals surface area contributed by atoms with Crippen molar-refractivity contribution in [1.82, 2.24) is 4.98 Å². The summed E-state index contributed by atoms with van der Waals surface area (Å²) in [5.74, 6) is -1.21. The lowest BCUT2D eigenvalue weighted by atomic mass is 10.1. The van der Waals surface area contributed by atoms with Gasteiger partial charge in [-0.1, -0.05) is 37.1 Å². The molecule has 1 aromatic heterocycles. The van der Waals surface area contributed by atoms with Crippen LogP contribution in [0.2, 0.25) is 5.15 Å². The van der Waals surface area contributed by atoms with Gasteiger partial charge in [-0.15, -0.1) is 0 Å². The highest BCUT2D eigenvalue weighted by atomic mass is 35.5. The molecule has 0 aliphatic rings. The van der Waals surface area contributed by atoms with E-state index in [1.807, 2.05) is 13.0 Å². The minimum Gasteiger partial charge on any atom is -0.462 e. The molecule has 0 unspecified atom stereocenters. The number of amides is 1. The van der Waals surface area contributed by atoms with Crippen LogP contribution in [-0.4, -0.2) is 23.5 Å². The van der Waals surface area contributed by atoms with Gasteiger partial charge in [-0.25, -0.2) is 9.78 Å². The number of unbranched alkanes of at least 4 members (excludes halogenated alkanes) is 1. The van der Waals surface area contributed by atoms with Crippen LogP contribution in [0.4, 0.5) is 11.4 Å². The Hall–Kier alpha value is -3.37. The first-order valence-corrected chi connectivity index (χ1v) is 8.99. The van der Waals surface area contributed by atoms with Crippen molar-refractivity contribution >= 4 is 34.9 Å². The number of hydrogen-bond donors (Lipinski definition) is 2. The Kier molecular flexibility index (Phi) is 8.00. The molecule has 0 saturated heterocycles. The molecule has 1 aromatic carbocycles. The first kappa shape index (κ1) is 20.9. The number of nitrogens with zero attached hydrogens (tertiary/aromatic N) is 2. The minimum atomic E-state index is -0.677. The number of carbonyl (C=O) groups is 2. The van der Waals surface area contributed by atoms with Gasteiger partial charge in [0.15, 0.2) is 5.15 Å². The SMILES string of the molecule is CCCCOC(=O)c1ccccc1NC(=O)/C(C#N)=C\Nc1cccnc1Cl. The highest BCUT2D eigenvalue weighted by Crippen LogP contribution is 2.19. The van der Waals surface area contributed by atoms with E-state index in [2.05, 4.69) is 15.6 Å². The average Bonchev–Trinajstić information content (AvgIpc) is 2.70. The molecular formula is C20H19ClN4O3. The first-order chi connectivity index (χ1) is 13.6. The smallest absolute Gasteiger partial charge is 0.340 e. The van der Waals surface area contributed by atoms with E-state index >= 15 is 0 Å². The summed E-state index contributed by atoms with van der Waals surface area (Å²) in [6, 6.07) is 11.6. The van der Waals surface area contributed by atoms with Gasteiger partial charge in [0.2, 0.25) is 0 Å². The van der Waals surface area contributed by atoms with Crippen LogP contribution in [0.25, 0.3) is 0 Å². The number of carbonyl (C=O) groups excluding carboxylic acids is 2. The van der Waals surface area contributed by atoms with E-state index < -0.39 is 11.9 Å². The van der Waals surface area contributed by atoms with Gasteiger partial charge in [0, 0.05) is 12.4 Å². The maximum absolute atomic E-state index is 12.4. The van der Waals surface area contributed by atoms with Gasteiger partial charge in [-0.2, -0.15) is 5.26 Å². The first-order valence-electron chi connectivity index (χ1n) is 8.61. The fraction of sp³-hybridized carbons (Fsp3) is 0.200. The van der Waals surface area contributed by atoms with Crippen molar-refractivity contribution in [1.29, 1.82) is 5.26 Å². The minimum absolute atomic E-state index is 0.200. The van der Waals surface area contributed by atoms with Crippen molar-refractivity contribution in [3.8, 4) is 6.07 Å². The number of aromatic nitrogens is 1. The fourth-order valence-corrected chi connectivity index (χ4v) is 2.31. The summed E-state index contributed by atoms with van der Waals surface area (Å²) in [7, 11) is 0. The molecule has 8 heteroatoms. The van der Waals surface area contributed by atoms with Crippen molar-refractivity contribution in [3.63, 3.8) is 0 Å². The van der Waals surface area contributed by atoms with Crippen LogP contribution in [-0.2, 0) is 9.53 Å². The Morgan fingerprint density at radius 1 is 1.25 bits per heavy atom. The maximum atomic E-state index is 12.4. The number of para-hydroxylation sites is 1. The summed E-state index contributed by atoms with van der Waals surface area (Å²) >= 11 is 5.93. The Morgan fingerprint density at radius 2 is 2.00 bits per heavy atom. The van der Waals surface area contributed by atoms with Crippen molar-refractivity contribution in [2.45, 2.75) is 19.8 Å². The predicted molar refractivity (Wildman–Crippen MR) is 107 cm³/mol. The molecule has 144 valence electrons. The molecule has 0 spiro atoms. The van der Waals surface area contributed by atoms with Crippen molar-refractivity contribution in [2.24, 2.45) is 0 Å². The number of rotatable bonds is 8. The third-order valence-electron chi connectivity index (χ3n) is 3.62. The maximum Gasteiger partial charge on any atom is 0.340 e. The van der Waals surface area contributed by atoms with Gasteiger partial charge in [0.1, 0.15) is 11.6 Å². The van der Waals surface area contributed by atoms with Crippen LogP contribution < -0.4 is 10.6 Å². The van der Waals surface area contributed by atoms with E-state index in [0.717, 1.165) is 12.8 Å². The number of benzene rings is 1. The van der Waals surface area contributed by atoms with Gasteiger partial charge in [-0.3, -0.25) is 4.79 Å². The van der Waals surface area contributed by atoms with Gasteiger partial charge < -0.3 is 15.4 Å². The fourth-order valence-electron chi connectivity index (χ4n) is 2.14. The van der Waals surface area contributed by atoms with Crippen molar-refractivity contribution < 1.29 is 14.3 Å². The number of esters is 1. The third-order valence-corrected chi connectivity index (χ3v) is 3.92. The van der Waals surface area contributed by atoms with E-state index in [1.54, 1.807) is 36.4 Å². The zero-order valence-electron chi connectivity index (χ0n) is 15.2. The lowest BCUT2D eigenvalue weighted by Gasteiger charge is -2.10. The number of halogens is 1. The lowest BCUT2D eigenvalue weighted by molar-refractivity contribution is -0.112. The quantitative estimate of drug-likeness (QED) is 0.227. The molecule has 0 aliphatic heterocycles. The molecule has 2 N–H and O–H groups in total. The second kappa shape index (κ2) is 10.7. The van der Waals surface area contributed by atoms with Gasteiger partial charge >= 0.3 is 5.97 Å². The number of pyridine rings is 1. The summed E-state index contributed by atoms with van der Waals surface area (Å²) < 4.78 is 5.19. The van der Waals surface area contributed by atoms with Crippen molar-refractivity contribution in [2.75, 3.05) is 17.2 Å². The standard InChI is InChI=1S/C20H19ClN4O3/c1-2-3-11-28-20(27)15-7-4-5-8-16(15)25-19(26)14(12-22)13-24-17-9-6-10-23-18(17)21/h4-10,13,24H,2-3,11H2,1H3,(H,25,26)/b14-13-. The highest BCUT2D eigenvalue weighted by molar-refractivity contribution is 6.32. The molecule has 28 heavy (non-hydrogen) atoms. The Balaban J connectivity index is 2.12. The summed E-state index contributed by atoms with van der Waals surface area (Å²) in [6.07, 6.45) is 4.40. The van der Waals surface area contributed by atoms with Gasteiger partial charge in [0.05, 0.1) is 23.5 Å². The predicted octanol–water partition coefficient (Wildman–Crippen LogP) is 4.15. The van der Waals surface area contributed by atoms with Crippen LogP contribution in [0.5, 0.6) is 0 Å². The molecule has 0 saturated carbocycles. The average molecular weight is 399 g/mol. The summed E-state index contributed by atoms with van der Waals surface area (Å²) in [5.41, 5.74) is 0.723. The molecule has 7 nitrogen and oxygen atoms in total. The monoisotopic (exact) mass is 398 g/mol. The normalized spacial score (nSPS) is 10.7. The number of nitrogens with one attached hydrogen (secondary N) is 2. The second-order valence-corrected chi connectivity index (χ2v) is 6.00. The molecular weight excluding hydrogens is 380 g/mol. The molecule has 0 fully saturated rings. The summed E-state index contributed by atoms with van der Waals surface area (Å²) in [4.78, 5) is 28.6. The second-order valence-electron chi connectivity index (χ2n) is 5.65. The van der Waals surface area contributed by atoms with E-state index in [9.17, 15) is 14.9 Å². The zero-order chi connectivity index (χ0) is 20.4. The molecule has 2 aromatic rings. The molecule has 0 bridgehead atoms. The summed E-state index contributed by atoms with van der Waals surface area (Å²) in [5, 5.41) is 14.8. The van der Waals surface area contributed by atoms with Crippen LogP contribution in [0.3, 0.4) is 0 Å². The number of ether oxygens (including phenoxy) is 1. The summed E-state index contributed by atoms with van der Waals surface area (Å²) in [6.45, 7) is 2.29. The van der Waals surface area contributed by atoms with Crippen LogP contribution >= 0.6 is 11.6 Å². The molecule has 0 atom stereocenters. The molecule has 1 amide bonds.